The maximum absolute atomic E-state index is 13.3. The molecule has 7 nitrogen and oxygen atoms in total. The molecule has 0 radical (unpaired) electrons. The minimum atomic E-state index is -0.607. The lowest BCUT2D eigenvalue weighted by Gasteiger charge is -2.15. The van der Waals surface area contributed by atoms with E-state index in [9.17, 15) is 9.59 Å². The van der Waals surface area contributed by atoms with Crippen LogP contribution in [0.4, 0.5) is 0 Å². The Bertz CT molecular complexity index is 1760. The zero-order valence-corrected chi connectivity index (χ0v) is 22.6. The van der Waals surface area contributed by atoms with Crippen LogP contribution in [0, 0.1) is 5.41 Å². The highest BCUT2D eigenvalue weighted by atomic mass is 35.5. The average molecular weight is 538 g/mol. The molecule has 0 saturated carbocycles. The van der Waals surface area contributed by atoms with Crippen molar-refractivity contribution in [1.82, 2.24) is 14.1 Å². The summed E-state index contributed by atoms with van der Waals surface area (Å²) in [4.78, 5) is 29.9. The van der Waals surface area contributed by atoms with E-state index in [2.05, 4.69) is 4.98 Å². The van der Waals surface area contributed by atoms with Gasteiger partial charge in [0.25, 0.3) is 5.56 Å². The van der Waals surface area contributed by atoms with Crippen molar-refractivity contribution >= 4 is 51.1 Å². The molecule has 5 aromatic rings. The second-order valence-electron chi connectivity index (χ2n) is 10.0. The molecule has 3 aromatic heterocycles. The normalized spacial score (nSPS) is 12.0. The Morgan fingerprint density at radius 1 is 1.00 bits per heavy atom. The van der Waals surface area contributed by atoms with E-state index in [-0.39, 0.29) is 18.1 Å². The first kappa shape index (κ1) is 25.1. The molecule has 0 spiro atoms. The summed E-state index contributed by atoms with van der Waals surface area (Å²) in [7, 11) is 3.68. The number of hydrogen-bond acceptors (Lipinski definition) is 5. The maximum atomic E-state index is 13.3. The second-order valence-corrected chi connectivity index (χ2v) is 10.9. The summed E-state index contributed by atoms with van der Waals surface area (Å²) in [5.74, 6) is -0.0145. The van der Waals surface area contributed by atoms with Gasteiger partial charge in [0.05, 0.1) is 16.0 Å². The number of aryl methyl sites for hydroxylation is 2. The molecule has 0 aliphatic carbocycles. The molecule has 3 heterocycles. The number of nitrogens with zero attached hydrogens (tertiary/aromatic N) is 3. The van der Waals surface area contributed by atoms with Gasteiger partial charge >= 0.3 is 5.97 Å². The van der Waals surface area contributed by atoms with Gasteiger partial charge in [-0.05, 0) is 51.1 Å². The van der Waals surface area contributed by atoms with Crippen LogP contribution in [-0.4, -0.2) is 20.1 Å². The molecule has 0 aliphatic rings. The zero-order chi connectivity index (χ0) is 26.6. The topological polar surface area (TPSA) is 79.3 Å². The number of rotatable bonds is 4. The minimum Gasteiger partial charge on any atom is -0.455 e. The van der Waals surface area contributed by atoms with Gasteiger partial charge in [-0.1, -0.05) is 35.3 Å². The van der Waals surface area contributed by atoms with Gasteiger partial charge in [0.2, 0.25) is 5.89 Å². The SMILES string of the molecule is Cn1c(=O)c(-c2ccc(Cl)cc2Cl)cc2c3cc(-c4coc(COC(=O)C(C)(C)C)n4)ccc3n(C)c21. The van der Waals surface area contributed by atoms with Crippen molar-refractivity contribution in [3.63, 3.8) is 0 Å². The standard InChI is InChI=1S/C28H25Cl2N3O4/c1-28(2,3)27(35)37-14-24-31-22(13-36-24)15-6-9-23-18(10-15)19-12-20(17-8-7-16(29)11-21(17)30)26(34)33(5)25(19)32(23)4/h6-13H,14H2,1-5H3. The van der Waals surface area contributed by atoms with E-state index in [1.165, 1.54) is 0 Å². The molecule has 37 heavy (non-hydrogen) atoms. The summed E-state index contributed by atoms with van der Waals surface area (Å²) in [6.07, 6.45) is 1.54. The third kappa shape index (κ3) is 4.43. The van der Waals surface area contributed by atoms with Crippen LogP contribution in [0.5, 0.6) is 0 Å². The third-order valence-corrected chi connectivity index (χ3v) is 6.90. The molecular formula is C28H25Cl2N3O4. The molecule has 5 rings (SSSR count). The lowest BCUT2D eigenvalue weighted by Crippen LogP contribution is -2.22. The highest BCUT2D eigenvalue weighted by Gasteiger charge is 2.24. The van der Waals surface area contributed by atoms with Gasteiger partial charge in [-0.2, -0.15) is 0 Å². The Hall–Kier alpha value is -3.55. The first-order chi connectivity index (χ1) is 17.5. The largest absolute Gasteiger partial charge is 0.455 e. The predicted molar refractivity (Wildman–Crippen MR) is 146 cm³/mol. The fraction of sp³-hybridized carbons (Fsp3) is 0.250. The van der Waals surface area contributed by atoms with E-state index in [0.717, 1.165) is 27.5 Å². The van der Waals surface area contributed by atoms with Crippen molar-refractivity contribution in [2.75, 3.05) is 0 Å². The second kappa shape index (κ2) is 9.08. The van der Waals surface area contributed by atoms with Crippen molar-refractivity contribution in [3.05, 3.63) is 75.0 Å². The molecule has 0 amide bonds. The highest BCUT2D eigenvalue weighted by Crippen LogP contribution is 2.35. The van der Waals surface area contributed by atoms with Crippen molar-refractivity contribution < 1.29 is 13.9 Å². The fourth-order valence-electron chi connectivity index (χ4n) is 4.40. The Morgan fingerprint density at radius 3 is 2.46 bits per heavy atom. The van der Waals surface area contributed by atoms with Crippen molar-refractivity contribution in [1.29, 1.82) is 0 Å². The number of carbonyl (C=O) groups is 1. The molecule has 9 heteroatoms. The molecule has 2 aromatic carbocycles. The quantitative estimate of drug-likeness (QED) is 0.237. The van der Waals surface area contributed by atoms with Crippen LogP contribution in [0.15, 0.2) is 57.9 Å². The number of oxazole rings is 1. The number of fused-ring (bicyclic) bond motifs is 3. The number of hydrogen-bond donors (Lipinski definition) is 0. The summed E-state index contributed by atoms with van der Waals surface area (Å²) < 4.78 is 14.5. The summed E-state index contributed by atoms with van der Waals surface area (Å²) in [6, 6.07) is 12.9. The number of esters is 1. The Labute approximate surface area is 223 Å². The van der Waals surface area contributed by atoms with Crippen LogP contribution in [0.1, 0.15) is 26.7 Å². The van der Waals surface area contributed by atoms with Gasteiger partial charge in [-0.25, -0.2) is 4.98 Å². The van der Waals surface area contributed by atoms with E-state index < -0.39 is 5.41 Å². The molecule has 0 atom stereocenters. The van der Waals surface area contributed by atoms with Crippen LogP contribution in [-0.2, 0) is 30.2 Å². The van der Waals surface area contributed by atoms with E-state index in [1.807, 2.05) is 35.9 Å². The monoisotopic (exact) mass is 537 g/mol. The first-order valence-electron chi connectivity index (χ1n) is 11.7. The summed E-state index contributed by atoms with van der Waals surface area (Å²) in [5, 5.41) is 2.75. The van der Waals surface area contributed by atoms with Crippen molar-refractivity contribution in [2.24, 2.45) is 19.5 Å². The Kier molecular flexibility index (Phi) is 6.16. The van der Waals surface area contributed by atoms with Crippen LogP contribution < -0.4 is 5.56 Å². The predicted octanol–water partition coefficient (Wildman–Crippen LogP) is 6.75. The minimum absolute atomic E-state index is 0.0417. The van der Waals surface area contributed by atoms with Gasteiger partial charge in [-0.3, -0.25) is 14.2 Å². The van der Waals surface area contributed by atoms with E-state index in [4.69, 9.17) is 32.4 Å². The highest BCUT2D eigenvalue weighted by molar-refractivity contribution is 6.36. The van der Waals surface area contributed by atoms with Gasteiger partial charge in [0.15, 0.2) is 6.61 Å². The van der Waals surface area contributed by atoms with Crippen molar-refractivity contribution in [2.45, 2.75) is 27.4 Å². The number of benzene rings is 2. The van der Waals surface area contributed by atoms with Gasteiger partial charge in [0, 0.05) is 46.6 Å². The smallest absolute Gasteiger partial charge is 0.311 e. The molecule has 0 N–H and O–H groups in total. The van der Waals surface area contributed by atoms with E-state index in [1.54, 1.807) is 56.8 Å². The average Bonchev–Trinajstić information content (AvgIpc) is 3.42. The lowest BCUT2D eigenvalue weighted by molar-refractivity contribution is -0.155. The van der Waals surface area contributed by atoms with E-state index in [0.29, 0.717) is 32.8 Å². The van der Waals surface area contributed by atoms with Crippen molar-refractivity contribution in [3.8, 4) is 22.4 Å². The lowest BCUT2D eigenvalue weighted by atomic mass is 9.97. The maximum Gasteiger partial charge on any atom is 0.311 e. The fourth-order valence-corrected chi connectivity index (χ4v) is 4.91. The van der Waals surface area contributed by atoms with E-state index >= 15 is 0 Å². The molecule has 0 unspecified atom stereocenters. The zero-order valence-electron chi connectivity index (χ0n) is 21.1. The van der Waals surface area contributed by atoms with Crippen LogP contribution in [0.25, 0.3) is 44.3 Å². The summed E-state index contributed by atoms with van der Waals surface area (Å²) in [5.41, 5.74) is 3.52. The van der Waals surface area contributed by atoms with Gasteiger partial charge in [0.1, 0.15) is 17.6 Å². The Balaban J connectivity index is 1.60. The molecule has 0 bridgehead atoms. The van der Waals surface area contributed by atoms with Gasteiger partial charge in [-0.15, -0.1) is 0 Å². The molecule has 190 valence electrons. The molecule has 0 saturated heterocycles. The number of pyridine rings is 1. The number of ether oxygens (including phenoxy) is 1. The third-order valence-electron chi connectivity index (χ3n) is 6.36. The van der Waals surface area contributed by atoms with Gasteiger partial charge < -0.3 is 13.7 Å². The summed E-state index contributed by atoms with van der Waals surface area (Å²) in [6.45, 7) is 5.33. The summed E-state index contributed by atoms with van der Waals surface area (Å²) >= 11 is 12.5. The molecule has 0 fully saturated rings. The Morgan fingerprint density at radius 2 is 1.76 bits per heavy atom. The first-order valence-corrected chi connectivity index (χ1v) is 12.4. The number of aromatic nitrogens is 3. The van der Waals surface area contributed by atoms with Crippen LogP contribution in [0.3, 0.4) is 0 Å². The van der Waals surface area contributed by atoms with Crippen LogP contribution >= 0.6 is 23.2 Å². The number of carbonyl (C=O) groups excluding carboxylic acids is 1. The van der Waals surface area contributed by atoms with Crippen LogP contribution in [0.2, 0.25) is 10.0 Å². The molecular weight excluding hydrogens is 513 g/mol. The molecule has 0 aliphatic heterocycles. The number of halogens is 2.